The third-order valence-electron chi connectivity index (χ3n) is 2.41. The second kappa shape index (κ2) is 8.10. The first-order valence-corrected chi connectivity index (χ1v) is 6.97. The number of aromatic nitrogens is 3. The van der Waals surface area contributed by atoms with Gasteiger partial charge >= 0.3 is 5.97 Å². The number of rotatable bonds is 8. The summed E-state index contributed by atoms with van der Waals surface area (Å²) in [6.07, 6.45) is 0.602. The van der Waals surface area contributed by atoms with Crippen LogP contribution in [-0.4, -0.2) is 53.3 Å². The molecule has 0 aliphatic rings. The Morgan fingerprint density at radius 1 is 1.44 bits per heavy atom. The molecule has 0 fully saturated rings. The average molecular weight is 273 g/mol. The molecule has 0 amide bonds. The molecule has 1 aromatic heterocycles. The molecule has 0 saturated heterocycles. The summed E-state index contributed by atoms with van der Waals surface area (Å²) in [7, 11) is 2.97. The van der Waals surface area contributed by atoms with Crippen molar-refractivity contribution in [1.82, 2.24) is 15.0 Å². The molecule has 1 rings (SSSR count). The molecule has 0 atom stereocenters. The van der Waals surface area contributed by atoms with Gasteiger partial charge in [0.05, 0.1) is 26.0 Å². The maximum atomic E-state index is 11.6. The van der Waals surface area contributed by atoms with Crippen molar-refractivity contribution < 1.29 is 14.3 Å². The van der Waals surface area contributed by atoms with E-state index >= 15 is 0 Å². The SMILES string of the molecule is CCSCCn1nnc(C(=O)OC)c1CCOC. The molecule has 0 bridgehead atoms. The van der Waals surface area contributed by atoms with Crippen molar-refractivity contribution in [3.05, 3.63) is 11.4 Å². The molecule has 1 aromatic rings. The number of hydrogen-bond donors (Lipinski definition) is 0. The van der Waals surface area contributed by atoms with Gasteiger partial charge in [-0.2, -0.15) is 11.8 Å². The van der Waals surface area contributed by atoms with Crippen LogP contribution in [-0.2, 0) is 22.4 Å². The summed E-state index contributed by atoms with van der Waals surface area (Å²) in [5.74, 6) is 1.56. The van der Waals surface area contributed by atoms with E-state index in [1.807, 2.05) is 11.8 Å². The van der Waals surface area contributed by atoms with Gasteiger partial charge in [0.1, 0.15) is 0 Å². The molecule has 0 saturated carbocycles. The van der Waals surface area contributed by atoms with E-state index in [4.69, 9.17) is 9.47 Å². The van der Waals surface area contributed by atoms with Gasteiger partial charge in [-0.05, 0) is 5.75 Å². The van der Waals surface area contributed by atoms with Crippen molar-refractivity contribution in [3.63, 3.8) is 0 Å². The fraction of sp³-hybridized carbons (Fsp3) is 0.727. The second-order valence-electron chi connectivity index (χ2n) is 3.54. The zero-order chi connectivity index (χ0) is 13.4. The number of aryl methyl sites for hydroxylation is 1. The number of methoxy groups -OCH3 is 2. The molecular weight excluding hydrogens is 254 g/mol. The molecule has 0 aromatic carbocycles. The van der Waals surface area contributed by atoms with Gasteiger partial charge in [-0.15, -0.1) is 5.10 Å². The number of nitrogens with zero attached hydrogens (tertiary/aromatic N) is 3. The molecule has 7 heteroatoms. The van der Waals surface area contributed by atoms with Gasteiger partial charge in [-0.3, -0.25) is 0 Å². The van der Waals surface area contributed by atoms with Crippen molar-refractivity contribution in [2.45, 2.75) is 19.9 Å². The van der Waals surface area contributed by atoms with Crippen LogP contribution in [0.3, 0.4) is 0 Å². The molecule has 6 nitrogen and oxygen atoms in total. The van der Waals surface area contributed by atoms with Crippen molar-refractivity contribution in [2.75, 3.05) is 32.3 Å². The zero-order valence-electron chi connectivity index (χ0n) is 11.0. The quantitative estimate of drug-likeness (QED) is 0.520. The number of thioether (sulfide) groups is 1. The first kappa shape index (κ1) is 15.0. The summed E-state index contributed by atoms with van der Waals surface area (Å²) in [6.45, 7) is 3.37. The summed E-state index contributed by atoms with van der Waals surface area (Å²) in [6, 6.07) is 0. The van der Waals surface area contributed by atoms with Gasteiger partial charge < -0.3 is 9.47 Å². The van der Waals surface area contributed by atoms with Crippen LogP contribution in [0.15, 0.2) is 0 Å². The summed E-state index contributed by atoms with van der Waals surface area (Å²) < 4.78 is 11.5. The lowest BCUT2D eigenvalue weighted by atomic mass is 10.2. The van der Waals surface area contributed by atoms with Crippen LogP contribution in [0.5, 0.6) is 0 Å². The Kier molecular flexibility index (Phi) is 6.74. The highest BCUT2D eigenvalue weighted by Crippen LogP contribution is 2.10. The Morgan fingerprint density at radius 2 is 2.22 bits per heavy atom. The van der Waals surface area contributed by atoms with Crippen LogP contribution in [0.25, 0.3) is 0 Å². The molecule has 0 N–H and O–H groups in total. The summed E-state index contributed by atoms with van der Waals surface area (Å²) in [5, 5.41) is 7.90. The highest BCUT2D eigenvalue weighted by atomic mass is 32.2. The van der Waals surface area contributed by atoms with Gasteiger partial charge in [0.2, 0.25) is 0 Å². The van der Waals surface area contributed by atoms with E-state index in [9.17, 15) is 4.79 Å². The first-order chi connectivity index (χ1) is 8.74. The van der Waals surface area contributed by atoms with Gasteiger partial charge in [0.25, 0.3) is 0 Å². The molecular formula is C11H19N3O3S. The Morgan fingerprint density at radius 3 is 2.83 bits per heavy atom. The van der Waals surface area contributed by atoms with Crippen LogP contribution in [0.4, 0.5) is 0 Å². The fourth-order valence-electron chi connectivity index (χ4n) is 1.51. The van der Waals surface area contributed by atoms with Crippen molar-refractivity contribution >= 4 is 17.7 Å². The van der Waals surface area contributed by atoms with E-state index in [1.54, 1.807) is 11.8 Å². The van der Waals surface area contributed by atoms with Gasteiger partial charge in [0, 0.05) is 19.3 Å². The number of esters is 1. The lowest BCUT2D eigenvalue weighted by Gasteiger charge is -2.06. The molecule has 102 valence electrons. The van der Waals surface area contributed by atoms with Gasteiger partial charge in [-0.1, -0.05) is 12.1 Å². The fourth-order valence-corrected chi connectivity index (χ4v) is 2.10. The standard InChI is InChI=1S/C11H19N3O3S/c1-4-18-8-6-14-9(5-7-16-2)10(12-13-14)11(15)17-3/h4-8H2,1-3H3. The van der Waals surface area contributed by atoms with E-state index < -0.39 is 5.97 Å². The highest BCUT2D eigenvalue weighted by Gasteiger charge is 2.19. The largest absolute Gasteiger partial charge is 0.464 e. The zero-order valence-corrected chi connectivity index (χ0v) is 11.8. The van der Waals surface area contributed by atoms with E-state index in [2.05, 4.69) is 17.2 Å². The first-order valence-electron chi connectivity index (χ1n) is 5.81. The summed E-state index contributed by atoms with van der Waals surface area (Å²) >= 11 is 1.82. The van der Waals surface area contributed by atoms with E-state index in [0.717, 1.165) is 23.7 Å². The van der Waals surface area contributed by atoms with Crippen LogP contribution in [0.1, 0.15) is 23.1 Å². The lowest BCUT2D eigenvalue weighted by molar-refractivity contribution is 0.0592. The number of carbonyl (C=O) groups is 1. The molecule has 0 radical (unpaired) electrons. The Balaban J connectivity index is 2.81. The number of ether oxygens (including phenoxy) is 2. The van der Waals surface area contributed by atoms with Crippen molar-refractivity contribution in [1.29, 1.82) is 0 Å². The Labute approximate surface area is 111 Å². The van der Waals surface area contributed by atoms with Gasteiger partial charge in [0.15, 0.2) is 5.69 Å². The van der Waals surface area contributed by atoms with Crippen molar-refractivity contribution in [2.24, 2.45) is 0 Å². The average Bonchev–Trinajstić information content (AvgIpc) is 2.79. The summed E-state index contributed by atoms with van der Waals surface area (Å²) in [5.41, 5.74) is 1.07. The van der Waals surface area contributed by atoms with Crippen LogP contribution < -0.4 is 0 Å². The minimum absolute atomic E-state index is 0.288. The minimum atomic E-state index is -0.449. The van der Waals surface area contributed by atoms with E-state index in [-0.39, 0.29) is 5.69 Å². The third-order valence-corrected chi connectivity index (χ3v) is 3.29. The molecule has 0 spiro atoms. The predicted molar refractivity (Wildman–Crippen MR) is 69.9 cm³/mol. The number of hydrogen-bond acceptors (Lipinski definition) is 6. The normalized spacial score (nSPS) is 10.6. The minimum Gasteiger partial charge on any atom is -0.464 e. The monoisotopic (exact) mass is 273 g/mol. The van der Waals surface area contributed by atoms with Crippen LogP contribution in [0.2, 0.25) is 0 Å². The third kappa shape index (κ3) is 3.99. The topological polar surface area (TPSA) is 66.2 Å². The smallest absolute Gasteiger partial charge is 0.360 e. The molecule has 0 aliphatic heterocycles. The van der Waals surface area contributed by atoms with E-state index in [0.29, 0.717) is 13.0 Å². The highest BCUT2D eigenvalue weighted by molar-refractivity contribution is 7.99. The lowest BCUT2D eigenvalue weighted by Crippen LogP contribution is -2.13. The predicted octanol–water partition coefficient (Wildman–Crippen LogP) is 1.01. The van der Waals surface area contributed by atoms with E-state index in [1.165, 1.54) is 7.11 Å². The molecule has 1 heterocycles. The maximum Gasteiger partial charge on any atom is 0.360 e. The van der Waals surface area contributed by atoms with Gasteiger partial charge in [-0.25, -0.2) is 9.48 Å². The molecule has 0 unspecified atom stereocenters. The second-order valence-corrected chi connectivity index (χ2v) is 4.93. The Hall–Kier alpha value is -1.08. The Bertz CT molecular complexity index is 382. The van der Waals surface area contributed by atoms with Crippen molar-refractivity contribution in [3.8, 4) is 0 Å². The van der Waals surface area contributed by atoms with Crippen LogP contribution >= 0.6 is 11.8 Å². The molecule has 0 aliphatic carbocycles. The summed E-state index contributed by atoms with van der Waals surface area (Å²) in [4.78, 5) is 11.6. The maximum absolute atomic E-state index is 11.6. The molecule has 18 heavy (non-hydrogen) atoms. The number of carbonyl (C=O) groups excluding carboxylic acids is 1. The van der Waals surface area contributed by atoms with Crippen LogP contribution in [0, 0.1) is 0 Å².